The highest BCUT2D eigenvalue weighted by Crippen LogP contribution is 2.13. The fraction of sp³-hybridized carbons (Fsp3) is 0.125. The van der Waals surface area contributed by atoms with Gasteiger partial charge in [0.05, 0.1) is 6.04 Å². The van der Waals surface area contributed by atoms with Crippen LogP contribution in [-0.4, -0.2) is 11.9 Å². The van der Waals surface area contributed by atoms with E-state index in [0.29, 0.717) is 11.3 Å². The minimum absolute atomic E-state index is 0.120. The van der Waals surface area contributed by atoms with Crippen molar-refractivity contribution in [3.05, 3.63) is 65.7 Å². The predicted molar refractivity (Wildman–Crippen MR) is 82.0 cm³/mol. The third-order valence-corrected chi connectivity index (χ3v) is 3.05. The van der Waals surface area contributed by atoms with Crippen LogP contribution in [0.2, 0.25) is 0 Å². The molecule has 0 aliphatic rings. The van der Waals surface area contributed by atoms with Crippen LogP contribution in [-0.2, 0) is 0 Å². The third-order valence-electron chi connectivity index (χ3n) is 3.05. The Morgan fingerprint density at radius 1 is 1.05 bits per heavy atom. The standard InChI is InChI=1S/C16H17N3O2/c1-11(12-6-3-2-4-7-12)18-16(21)19-14-9-5-8-13(10-14)15(17)20/h2-11H,1H3,(H2,17,20)(H2,18,19,21)/t11-/m1/s1. The molecule has 0 saturated carbocycles. The number of carbonyl (C=O) groups is 2. The van der Waals surface area contributed by atoms with E-state index in [9.17, 15) is 9.59 Å². The second kappa shape index (κ2) is 6.56. The molecule has 108 valence electrons. The van der Waals surface area contributed by atoms with Crippen molar-refractivity contribution < 1.29 is 9.59 Å². The van der Waals surface area contributed by atoms with Crippen LogP contribution in [0.25, 0.3) is 0 Å². The Hall–Kier alpha value is -2.82. The summed E-state index contributed by atoms with van der Waals surface area (Å²) in [5, 5.41) is 5.51. The van der Waals surface area contributed by atoms with Crippen molar-refractivity contribution in [2.45, 2.75) is 13.0 Å². The van der Waals surface area contributed by atoms with Gasteiger partial charge in [0, 0.05) is 11.3 Å². The topological polar surface area (TPSA) is 84.2 Å². The van der Waals surface area contributed by atoms with Gasteiger partial charge < -0.3 is 16.4 Å². The van der Waals surface area contributed by atoms with Gasteiger partial charge in [0.1, 0.15) is 0 Å². The largest absolute Gasteiger partial charge is 0.366 e. The molecule has 0 aliphatic heterocycles. The number of urea groups is 1. The van der Waals surface area contributed by atoms with Crippen LogP contribution in [0.1, 0.15) is 28.9 Å². The summed E-state index contributed by atoms with van der Waals surface area (Å²) in [6.45, 7) is 1.90. The molecule has 0 saturated heterocycles. The second-order valence-corrected chi connectivity index (χ2v) is 4.68. The molecule has 2 aromatic carbocycles. The van der Waals surface area contributed by atoms with Crippen LogP contribution in [0, 0.1) is 0 Å². The fourth-order valence-corrected chi connectivity index (χ4v) is 1.94. The SMILES string of the molecule is C[C@@H](NC(=O)Nc1cccc(C(N)=O)c1)c1ccccc1. The van der Waals surface area contributed by atoms with Crippen molar-refractivity contribution in [2.75, 3.05) is 5.32 Å². The molecule has 0 fully saturated rings. The molecule has 0 bridgehead atoms. The lowest BCUT2D eigenvalue weighted by atomic mass is 10.1. The molecule has 1 atom stereocenters. The molecule has 0 aliphatic carbocycles. The van der Waals surface area contributed by atoms with E-state index in [1.807, 2.05) is 37.3 Å². The molecule has 2 aromatic rings. The number of amides is 3. The summed E-state index contributed by atoms with van der Waals surface area (Å²) < 4.78 is 0. The van der Waals surface area contributed by atoms with Crippen molar-refractivity contribution in [1.29, 1.82) is 0 Å². The number of hydrogen-bond acceptors (Lipinski definition) is 2. The van der Waals surface area contributed by atoms with Gasteiger partial charge in [-0.25, -0.2) is 4.79 Å². The van der Waals surface area contributed by atoms with Gasteiger partial charge in [-0.3, -0.25) is 4.79 Å². The summed E-state index contributed by atoms with van der Waals surface area (Å²) in [4.78, 5) is 23.0. The summed E-state index contributed by atoms with van der Waals surface area (Å²) in [5.41, 5.74) is 7.08. The molecule has 0 spiro atoms. The molecule has 3 amide bonds. The number of nitrogens with two attached hydrogens (primary N) is 1. The minimum Gasteiger partial charge on any atom is -0.366 e. The van der Waals surface area contributed by atoms with Gasteiger partial charge in [-0.05, 0) is 30.7 Å². The van der Waals surface area contributed by atoms with E-state index in [2.05, 4.69) is 10.6 Å². The number of primary amides is 1. The van der Waals surface area contributed by atoms with Gasteiger partial charge in [-0.1, -0.05) is 36.4 Å². The smallest absolute Gasteiger partial charge is 0.319 e. The molecule has 0 unspecified atom stereocenters. The number of rotatable bonds is 4. The Kier molecular flexibility index (Phi) is 4.56. The van der Waals surface area contributed by atoms with Crippen molar-refractivity contribution >= 4 is 17.6 Å². The van der Waals surface area contributed by atoms with Gasteiger partial charge in [0.15, 0.2) is 0 Å². The van der Waals surface area contributed by atoms with Gasteiger partial charge in [0.2, 0.25) is 5.91 Å². The van der Waals surface area contributed by atoms with Crippen LogP contribution < -0.4 is 16.4 Å². The van der Waals surface area contributed by atoms with Crippen molar-refractivity contribution in [2.24, 2.45) is 5.73 Å². The maximum atomic E-state index is 11.9. The lowest BCUT2D eigenvalue weighted by Gasteiger charge is -2.15. The van der Waals surface area contributed by atoms with Crippen molar-refractivity contribution in [3.63, 3.8) is 0 Å². The average molecular weight is 283 g/mol. The fourth-order valence-electron chi connectivity index (χ4n) is 1.94. The normalized spacial score (nSPS) is 11.5. The number of anilines is 1. The van der Waals surface area contributed by atoms with Crippen molar-refractivity contribution in [3.8, 4) is 0 Å². The van der Waals surface area contributed by atoms with Crippen LogP contribution in [0.3, 0.4) is 0 Å². The van der Waals surface area contributed by atoms with Crippen LogP contribution >= 0.6 is 0 Å². The number of benzene rings is 2. The quantitative estimate of drug-likeness (QED) is 0.806. The summed E-state index contributed by atoms with van der Waals surface area (Å²) in [7, 11) is 0. The monoisotopic (exact) mass is 283 g/mol. The third kappa shape index (κ3) is 4.07. The summed E-state index contributed by atoms with van der Waals surface area (Å²) in [5.74, 6) is -0.531. The Morgan fingerprint density at radius 3 is 2.43 bits per heavy atom. The number of hydrogen-bond donors (Lipinski definition) is 3. The van der Waals surface area contributed by atoms with E-state index < -0.39 is 5.91 Å². The molecule has 4 N–H and O–H groups in total. The molecular weight excluding hydrogens is 266 g/mol. The Labute approximate surface area is 123 Å². The maximum Gasteiger partial charge on any atom is 0.319 e. The molecule has 5 nitrogen and oxygen atoms in total. The summed E-state index contributed by atoms with van der Waals surface area (Å²) in [6.07, 6.45) is 0. The first-order chi connectivity index (χ1) is 10.1. The first-order valence-corrected chi connectivity index (χ1v) is 6.58. The zero-order valence-electron chi connectivity index (χ0n) is 11.7. The lowest BCUT2D eigenvalue weighted by molar-refractivity contribution is 0.100. The van der Waals surface area contributed by atoms with Crippen LogP contribution in [0.4, 0.5) is 10.5 Å². The Bertz CT molecular complexity index is 641. The van der Waals surface area contributed by atoms with Crippen molar-refractivity contribution in [1.82, 2.24) is 5.32 Å². The van der Waals surface area contributed by atoms with E-state index in [4.69, 9.17) is 5.73 Å². The minimum atomic E-state index is -0.531. The molecule has 0 radical (unpaired) electrons. The molecule has 0 heterocycles. The average Bonchev–Trinajstić information content (AvgIpc) is 2.48. The maximum absolute atomic E-state index is 11.9. The van der Waals surface area contributed by atoms with Gasteiger partial charge >= 0.3 is 6.03 Å². The zero-order valence-corrected chi connectivity index (χ0v) is 11.7. The number of nitrogens with one attached hydrogen (secondary N) is 2. The van der Waals surface area contributed by atoms with E-state index in [1.165, 1.54) is 6.07 Å². The van der Waals surface area contributed by atoms with Gasteiger partial charge in [-0.15, -0.1) is 0 Å². The van der Waals surface area contributed by atoms with Crippen LogP contribution in [0.15, 0.2) is 54.6 Å². The second-order valence-electron chi connectivity index (χ2n) is 4.68. The highest BCUT2D eigenvalue weighted by molar-refractivity contribution is 5.95. The highest BCUT2D eigenvalue weighted by atomic mass is 16.2. The zero-order chi connectivity index (χ0) is 15.2. The molecule has 21 heavy (non-hydrogen) atoms. The molecule has 2 rings (SSSR count). The van der Waals surface area contributed by atoms with Gasteiger partial charge in [0.25, 0.3) is 0 Å². The molecule has 5 heteroatoms. The highest BCUT2D eigenvalue weighted by Gasteiger charge is 2.09. The Balaban J connectivity index is 1.99. The molecule has 0 aromatic heterocycles. The lowest BCUT2D eigenvalue weighted by Crippen LogP contribution is -2.31. The van der Waals surface area contributed by atoms with Gasteiger partial charge in [-0.2, -0.15) is 0 Å². The van der Waals surface area contributed by atoms with E-state index in [1.54, 1.807) is 18.2 Å². The van der Waals surface area contributed by atoms with E-state index >= 15 is 0 Å². The summed E-state index contributed by atoms with van der Waals surface area (Å²) in [6, 6.07) is 15.7. The summed E-state index contributed by atoms with van der Waals surface area (Å²) >= 11 is 0. The number of carbonyl (C=O) groups excluding carboxylic acids is 2. The van der Waals surface area contributed by atoms with Crippen LogP contribution in [0.5, 0.6) is 0 Å². The van der Waals surface area contributed by atoms with E-state index in [-0.39, 0.29) is 12.1 Å². The van der Waals surface area contributed by atoms with E-state index in [0.717, 1.165) is 5.56 Å². The molecular formula is C16H17N3O2. The predicted octanol–water partition coefficient (Wildman–Crippen LogP) is 2.67. The Morgan fingerprint density at radius 2 is 1.76 bits per heavy atom. The first kappa shape index (κ1) is 14.6. The first-order valence-electron chi connectivity index (χ1n) is 6.58.